The summed E-state index contributed by atoms with van der Waals surface area (Å²) in [5.41, 5.74) is 5.41. The summed E-state index contributed by atoms with van der Waals surface area (Å²) in [5, 5.41) is 16.3. The third-order valence-corrected chi connectivity index (χ3v) is 6.94. The number of quaternary nitrogens is 1. The van der Waals surface area contributed by atoms with Crippen molar-refractivity contribution in [3.05, 3.63) is 41.0 Å². The molecule has 4 N–H and O–H groups in total. The molecular weight excluding hydrogens is 454 g/mol. The van der Waals surface area contributed by atoms with E-state index in [2.05, 4.69) is 35.8 Å². The minimum absolute atomic E-state index is 0.103. The highest BCUT2D eigenvalue weighted by Crippen LogP contribution is 2.25. The van der Waals surface area contributed by atoms with Gasteiger partial charge in [-0.1, -0.05) is 26.0 Å². The number of nitrogens with one attached hydrogen (secondary N) is 3. The van der Waals surface area contributed by atoms with Gasteiger partial charge in [0.05, 0.1) is 6.54 Å². The van der Waals surface area contributed by atoms with Crippen LogP contribution in [0.15, 0.2) is 35.4 Å². The molecular formula is C24H36N5O4S+. The van der Waals surface area contributed by atoms with E-state index in [1.807, 2.05) is 13.8 Å². The Balaban J connectivity index is 1.45. The summed E-state index contributed by atoms with van der Waals surface area (Å²) in [6.45, 7) is 6.70. The Morgan fingerprint density at radius 3 is 2.41 bits per heavy atom. The molecule has 9 nitrogen and oxygen atoms in total. The monoisotopic (exact) mass is 490 g/mol. The van der Waals surface area contributed by atoms with Crippen LogP contribution in [-0.2, 0) is 11.2 Å². The van der Waals surface area contributed by atoms with Crippen molar-refractivity contribution < 1.29 is 19.6 Å². The van der Waals surface area contributed by atoms with Gasteiger partial charge in [0.1, 0.15) is 12.8 Å². The van der Waals surface area contributed by atoms with Gasteiger partial charge in [-0.05, 0) is 62.5 Å². The molecule has 34 heavy (non-hydrogen) atoms. The fourth-order valence-electron chi connectivity index (χ4n) is 4.47. The molecule has 1 aromatic rings. The SMILES string of the molecule is CCC1=C(C)CN(C(=O)NCCc2ccc([N+](O)(S)NC(=O)NC3CCC(C)CC3)cc2)C1=O. The van der Waals surface area contributed by atoms with Crippen LogP contribution in [0.2, 0.25) is 0 Å². The molecule has 5 amide bonds. The number of hydrogen-bond acceptors (Lipinski definition) is 5. The van der Waals surface area contributed by atoms with E-state index >= 15 is 0 Å². The highest BCUT2D eigenvalue weighted by molar-refractivity contribution is 7.79. The maximum atomic E-state index is 12.4. The molecule has 1 heterocycles. The second-order valence-electron chi connectivity index (χ2n) is 9.30. The molecule has 10 heteroatoms. The van der Waals surface area contributed by atoms with Crippen molar-refractivity contribution in [2.75, 3.05) is 13.1 Å². The molecule has 1 aliphatic heterocycles. The third-order valence-electron chi connectivity index (χ3n) is 6.61. The average molecular weight is 491 g/mol. The van der Waals surface area contributed by atoms with Crippen molar-refractivity contribution in [1.82, 2.24) is 25.1 Å². The van der Waals surface area contributed by atoms with Crippen molar-refractivity contribution >= 4 is 36.5 Å². The zero-order chi connectivity index (χ0) is 24.9. The Morgan fingerprint density at radius 2 is 1.82 bits per heavy atom. The summed E-state index contributed by atoms with van der Waals surface area (Å²) >= 11 is 4.18. The summed E-state index contributed by atoms with van der Waals surface area (Å²) in [4.78, 5) is 38.2. The fraction of sp³-hybridized carbons (Fsp3) is 0.542. The van der Waals surface area contributed by atoms with Crippen LogP contribution in [0.25, 0.3) is 0 Å². The molecule has 1 unspecified atom stereocenters. The average Bonchev–Trinajstić information content (AvgIpc) is 3.08. The Morgan fingerprint density at radius 1 is 1.18 bits per heavy atom. The number of rotatable bonds is 7. The smallest absolute Gasteiger partial charge is 0.337 e. The Bertz CT molecular complexity index is 939. The van der Waals surface area contributed by atoms with Crippen molar-refractivity contribution in [2.45, 2.75) is 65.3 Å². The Labute approximate surface area is 206 Å². The first kappa shape index (κ1) is 26.1. The first-order valence-corrected chi connectivity index (χ1v) is 12.3. The van der Waals surface area contributed by atoms with Crippen LogP contribution in [0.1, 0.15) is 58.4 Å². The predicted molar refractivity (Wildman–Crippen MR) is 134 cm³/mol. The van der Waals surface area contributed by atoms with Gasteiger partial charge in [0.25, 0.3) is 5.91 Å². The predicted octanol–water partition coefficient (Wildman–Crippen LogP) is 3.84. The number of carbonyl (C=O) groups excluding carboxylic acids is 3. The van der Waals surface area contributed by atoms with Crippen LogP contribution >= 0.6 is 12.8 Å². The molecule has 0 aromatic heterocycles. The highest BCUT2D eigenvalue weighted by Gasteiger charge is 2.32. The van der Waals surface area contributed by atoms with Gasteiger partial charge in [-0.2, -0.15) is 5.21 Å². The third kappa shape index (κ3) is 6.52. The van der Waals surface area contributed by atoms with Crippen LogP contribution in [0.3, 0.4) is 0 Å². The topological polar surface area (TPSA) is 111 Å². The van der Waals surface area contributed by atoms with E-state index in [0.717, 1.165) is 36.8 Å². The van der Waals surface area contributed by atoms with Crippen LogP contribution in [0.4, 0.5) is 15.3 Å². The molecule has 1 aromatic carbocycles. The van der Waals surface area contributed by atoms with Gasteiger partial charge in [0.2, 0.25) is 5.69 Å². The lowest BCUT2D eigenvalue weighted by Gasteiger charge is -2.28. The fourth-order valence-corrected chi connectivity index (χ4v) is 4.70. The highest BCUT2D eigenvalue weighted by atomic mass is 32.1. The molecule has 0 saturated heterocycles. The number of amides is 5. The van der Waals surface area contributed by atoms with E-state index in [4.69, 9.17) is 0 Å². The summed E-state index contributed by atoms with van der Waals surface area (Å²) in [6.07, 6.45) is 5.19. The number of nitrogens with zero attached hydrogens (tertiary/aromatic N) is 2. The number of hydrogen-bond donors (Lipinski definition) is 5. The molecule has 1 fully saturated rings. The van der Waals surface area contributed by atoms with Gasteiger partial charge in [-0.3, -0.25) is 9.69 Å². The standard InChI is InChI=1S/C24H35N5O4S/c1-4-21-17(3)15-28(22(21)30)24(32)25-14-13-18-7-11-20(12-8-18)29(33,34)27-23(31)26-19-9-5-16(2)6-10-19/h7-8,11-12,16,19,33-34H,4-6,9-10,13-15H2,1-3H3,(H2-,25,26,27,31,32)/p+1. The van der Waals surface area contributed by atoms with Gasteiger partial charge >= 0.3 is 12.1 Å². The second-order valence-corrected chi connectivity index (χ2v) is 9.87. The minimum Gasteiger partial charge on any atom is -0.337 e. The van der Waals surface area contributed by atoms with Gasteiger partial charge in [-0.15, -0.1) is 5.43 Å². The lowest BCUT2D eigenvalue weighted by atomic mass is 9.87. The van der Waals surface area contributed by atoms with Crippen LogP contribution in [0, 0.1) is 5.92 Å². The zero-order valence-electron chi connectivity index (χ0n) is 20.1. The number of thiol groups is 1. The molecule has 3 rings (SSSR count). The molecule has 186 valence electrons. The van der Waals surface area contributed by atoms with E-state index in [9.17, 15) is 19.6 Å². The lowest BCUT2D eigenvalue weighted by Crippen LogP contribution is -2.57. The van der Waals surface area contributed by atoms with Crippen LogP contribution < -0.4 is 20.2 Å². The van der Waals surface area contributed by atoms with E-state index in [1.165, 1.54) is 4.90 Å². The van der Waals surface area contributed by atoms with E-state index < -0.39 is 16.2 Å². The Hall–Kier alpha value is -2.56. The maximum Gasteiger partial charge on any atom is 0.363 e. The van der Waals surface area contributed by atoms with Gasteiger partial charge < -0.3 is 10.6 Å². The summed E-state index contributed by atoms with van der Waals surface area (Å²) in [7, 11) is 0. The summed E-state index contributed by atoms with van der Waals surface area (Å²) in [5.74, 6) is 0.464. The van der Waals surface area contributed by atoms with E-state index in [0.29, 0.717) is 43.1 Å². The molecule has 1 atom stereocenters. The first-order valence-electron chi connectivity index (χ1n) is 11.9. The zero-order valence-corrected chi connectivity index (χ0v) is 21.0. The normalized spacial score (nSPS) is 22.4. The molecule has 0 bridgehead atoms. The Kier molecular flexibility index (Phi) is 8.62. The van der Waals surface area contributed by atoms with E-state index in [-0.39, 0.29) is 11.9 Å². The van der Waals surface area contributed by atoms with Crippen molar-refractivity contribution in [3.8, 4) is 0 Å². The van der Waals surface area contributed by atoms with Crippen molar-refractivity contribution in [2.24, 2.45) is 5.92 Å². The minimum atomic E-state index is -1.07. The number of carbonyl (C=O) groups is 3. The number of urea groups is 2. The molecule has 2 aliphatic rings. The van der Waals surface area contributed by atoms with Crippen LogP contribution in [-0.4, -0.2) is 47.2 Å². The van der Waals surface area contributed by atoms with Crippen LogP contribution in [0.5, 0.6) is 0 Å². The second kappa shape index (κ2) is 11.2. The first-order chi connectivity index (χ1) is 16.1. The van der Waals surface area contributed by atoms with Crippen molar-refractivity contribution in [1.29, 1.82) is 0 Å². The lowest BCUT2D eigenvalue weighted by molar-refractivity contribution is -0.123. The number of benzene rings is 1. The number of imide groups is 1. The van der Waals surface area contributed by atoms with Gasteiger partial charge in [0, 0.05) is 34.5 Å². The summed E-state index contributed by atoms with van der Waals surface area (Å²) in [6, 6.07) is 6.15. The maximum absolute atomic E-state index is 12.4. The largest absolute Gasteiger partial charge is 0.363 e. The van der Waals surface area contributed by atoms with Gasteiger partial charge in [0.15, 0.2) is 0 Å². The molecule has 1 aliphatic carbocycles. The quantitative estimate of drug-likeness (QED) is 0.227. The molecule has 0 radical (unpaired) electrons. The van der Waals surface area contributed by atoms with E-state index in [1.54, 1.807) is 24.3 Å². The summed E-state index contributed by atoms with van der Waals surface area (Å²) < 4.78 is -1.07. The van der Waals surface area contributed by atoms with Crippen molar-refractivity contribution in [3.63, 3.8) is 0 Å². The molecule has 1 saturated carbocycles. The molecule has 0 spiro atoms. The van der Waals surface area contributed by atoms with Gasteiger partial charge in [-0.25, -0.2) is 9.59 Å².